The SMILES string of the molecule is CC1=C(c2cc3ccccc3cc2C)C=CC(C)C1C. The third-order valence-electron chi connectivity index (χ3n) is 4.85. The third-order valence-corrected chi connectivity index (χ3v) is 4.85. The van der Waals surface area contributed by atoms with Crippen LogP contribution in [0.2, 0.25) is 0 Å². The second kappa shape index (κ2) is 4.94. The lowest BCUT2D eigenvalue weighted by molar-refractivity contribution is 0.525. The molecular weight excluding hydrogens is 240 g/mol. The van der Waals surface area contributed by atoms with Crippen molar-refractivity contribution < 1.29 is 0 Å². The van der Waals surface area contributed by atoms with Gasteiger partial charge in [0.15, 0.2) is 0 Å². The molecule has 0 aromatic heterocycles. The van der Waals surface area contributed by atoms with Gasteiger partial charge >= 0.3 is 0 Å². The summed E-state index contributed by atoms with van der Waals surface area (Å²) in [7, 11) is 0. The molecular formula is C20H22. The molecule has 0 saturated heterocycles. The fourth-order valence-corrected chi connectivity index (χ4v) is 3.13. The average molecular weight is 262 g/mol. The van der Waals surface area contributed by atoms with Crippen molar-refractivity contribution in [3.63, 3.8) is 0 Å². The van der Waals surface area contributed by atoms with E-state index in [1.54, 1.807) is 0 Å². The van der Waals surface area contributed by atoms with Crippen LogP contribution in [0.1, 0.15) is 31.9 Å². The van der Waals surface area contributed by atoms with Crippen molar-refractivity contribution in [3.8, 4) is 0 Å². The molecule has 20 heavy (non-hydrogen) atoms. The average Bonchev–Trinajstić information content (AvgIpc) is 2.45. The van der Waals surface area contributed by atoms with E-state index in [0.29, 0.717) is 11.8 Å². The topological polar surface area (TPSA) is 0 Å². The van der Waals surface area contributed by atoms with Crippen molar-refractivity contribution in [2.24, 2.45) is 11.8 Å². The maximum Gasteiger partial charge on any atom is -0.0149 e. The highest BCUT2D eigenvalue weighted by Crippen LogP contribution is 2.36. The molecule has 0 fully saturated rings. The predicted octanol–water partition coefficient (Wildman–Crippen LogP) is 5.76. The van der Waals surface area contributed by atoms with E-state index in [2.05, 4.69) is 76.2 Å². The van der Waals surface area contributed by atoms with Crippen LogP contribution in [-0.2, 0) is 0 Å². The molecule has 102 valence electrons. The van der Waals surface area contributed by atoms with E-state index >= 15 is 0 Å². The Labute approximate surface area is 121 Å². The Morgan fingerprint density at radius 3 is 2.25 bits per heavy atom. The van der Waals surface area contributed by atoms with Crippen LogP contribution in [0.3, 0.4) is 0 Å². The van der Waals surface area contributed by atoms with Gasteiger partial charge in [0.05, 0.1) is 0 Å². The minimum atomic E-state index is 0.626. The first kappa shape index (κ1) is 13.2. The Hall–Kier alpha value is -1.82. The first-order valence-electron chi connectivity index (χ1n) is 7.46. The number of hydrogen-bond acceptors (Lipinski definition) is 0. The molecule has 0 amide bonds. The van der Waals surface area contributed by atoms with Crippen molar-refractivity contribution in [2.75, 3.05) is 0 Å². The second-order valence-corrected chi connectivity index (χ2v) is 6.12. The van der Waals surface area contributed by atoms with Gasteiger partial charge < -0.3 is 0 Å². The van der Waals surface area contributed by atoms with E-state index in [9.17, 15) is 0 Å². The lowest BCUT2D eigenvalue weighted by Gasteiger charge is -2.26. The monoisotopic (exact) mass is 262 g/mol. The number of benzene rings is 2. The molecule has 2 unspecified atom stereocenters. The van der Waals surface area contributed by atoms with Crippen LogP contribution in [0.25, 0.3) is 16.3 Å². The standard InChI is InChI=1S/C20H22/c1-13-9-10-19(16(4)15(13)3)20-12-18-8-6-5-7-17(18)11-14(20)2/h5-13,15H,1-4H3. The Balaban J connectivity index is 2.20. The van der Waals surface area contributed by atoms with Crippen molar-refractivity contribution in [2.45, 2.75) is 27.7 Å². The van der Waals surface area contributed by atoms with Crippen LogP contribution in [0, 0.1) is 18.8 Å². The second-order valence-electron chi connectivity index (χ2n) is 6.12. The van der Waals surface area contributed by atoms with Gasteiger partial charge in [0.2, 0.25) is 0 Å². The summed E-state index contributed by atoms with van der Waals surface area (Å²) in [5.41, 5.74) is 5.68. The highest BCUT2D eigenvalue weighted by Gasteiger charge is 2.20. The summed E-state index contributed by atoms with van der Waals surface area (Å²) in [5.74, 6) is 1.26. The minimum absolute atomic E-state index is 0.626. The molecule has 1 aliphatic carbocycles. The van der Waals surface area contributed by atoms with Gasteiger partial charge in [-0.3, -0.25) is 0 Å². The Bertz CT molecular complexity index is 716. The first-order chi connectivity index (χ1) is 9.58. The summed E-state index contributed by atoms with van der Waals surface area (Å²) in [6.45, 7) is 9.14. The van der Waals surface area contributed by atoms with Crippen LogP contribution in [0.4, 0.5) is 0 Å². The van der Waals surface area contributed by atoms with Crippen LogP contribution in [0.5, 0.6) is 0 Å². The third kappa shape index (κ3) is 2.10. The molecule has 0 N–H and O–H groups in total. The van der Waals surface area contributed by atoms with E-state index in [4.69, 9.17) is 0 Å². The van der Waals surface area contributed by atoms with E-state index in [1.165, 1.54) is 33.0 Å². The van der Waals surface area contributed by atoms with Crippen LogP contribution >= 0.6 is 0 Å². The van der Waals surface area contributed by atoms with E-state index in [1.807, 2.05) is 0 Å². The lowest BCUT2D eigenvalue weighted by atomic mass is 9.79. The smallest absolute Gasteiger partial charge is 0.0149 e. The highest BCUT2D eigenvalue weighted by atomic mass is 14.2. The molecule has 2 aromatic carbocycles. The minimum Gasteiger partial charge on any atom is -0.0805 e. The fraction of sp³-hybridized carbons (Fsp3) is 0.300. The normalized spacial score (nSPS) is 22.6. The molecule has 0 heterocycles. The zero-order valence-corrected chi connectivity index (χ0v) is 12.8. The molecule has 2 atom stereocenters. The van der Waals surface area contributed by atoms with Crippen LogP contribution in [-0.4, -0.2) is 0 Å². The van der Waals surface area contributed by atoms with Gasteiger partial charge in [-0.1, -0.05) is 61.9 Å². The summed E-state index contributed by atoms with van der Waals surface area (Å²) in [6, 6.07) is 13.3. The van der Waals surface area contributed by atoms with E-state index in [0.717, 1.165) is 0 Å². The quantitative estimate of drug-likeness (QED) is 0.612. The summed E-state index contributed by atoms with van der Waals surface area (Å²) in [4.78, 5) is 0. The zero-order valence-electron chi connectivity index (χ0n) is 12.8. The zero-order chi connectivity index (χ0) is 14.3. The summed E-state index contributed by atoms with van der Waals surface area (Å²) in [5, 5.41) is 2.65. The molecule has 2 aromatic rings. The molecule has 0 aliphatic heterocycles. The van der Waals surface area contributed by atoms with Gasteiger partial charge in [-0.25, -0.2) is 0 Å². The lowest BCUT2D eigenvalue weighted by Crippen LogP contribution is -2.12. The van der Waals surface area contributed by atoms with Gasteiger partial charge in [0.25, 0.3) is 0 Å². The Morgan fingerprint density at radius 2 is 1.55 bits per heavy atom. The maximum absolute atomic E-state index is 2.35. The van der Waals surface area contributed by atoms with Crippen LogP contribution in [0.15, 0.2) is 54.1 Å². The van der Waals surface area contributed by atoms with Gasteiger partial charge in [-0.2, -0.15) is 0 Å². The molecule has 1 aliphatic rings. The Morgan fingerprint density at radius 1 is 0.900 bits per heavy atom. The molecule has 0 radical (unpaired) electrons. The molecule has 0 heteroatoms. The van der Waals surface area contributed by atoms with Gasteiger partial charge in [0, 0.05) is 0 Å². The summed E-state index contributed by atoms with van der Waals surface area (Å²) in [6.07, 6.45) is 4.67. The van der Waals surface area contributed by atoms with Crippen molar-refractivity contribution in [1.29, 1.82) is 0 Å². The van der Waals surface area contributed by atoms with Crippen molar-refractivity contribution in [1.82, 2.24) is 0 Å². The summed E-state index contributed by atoms with van der Waals surface area (Å²) >= 11 is 0. The molecule has 0 nitrogen and oxygen atoms in total. The number of aryl methyl sites for hydroxylation is 1. The molecule has 0 bridgehead atoms. The van der Waals surface area contributed by atoms with Gasteiger partial charge in [0.1, 0.15) is 0 Å². The van der Waals surface area contributed by atoms with Gasteiger partial charge in [-0.15, -0.1) is 0 Å². The number of allylic oxidation sites excluding steroid dienone is 4. The largest absolute Gasteiger partial charge is 0.0805 e. The number of rotatable bonds is 1. The highest BCUT2D eigenvalue weighted by molar-refractivity contribution is 5.90. The maximum atomic E-state index is 2.35. The van der Waals surface area contributed by atoms with Crippen molar-refractivity contribution in [3.05, 3.63) is 65.3 Å². The van der Waals surface area contributed by atoms with Crippen molar-refractivity contribution >= 4 is 16.3 Å². The summed E-state index contributed by atoms with van der Waals surface area (Å²) < 4.78 is 0. The van der Waals surface area contributed by atoms with E-state index in [-0.39, 0.29) is 0 Å². The first-order valence-corrected chi connectivity index (χ1v) is 7.46. The Kier molecular flexibility index (Phi) is 3.25. The number of fused-ring (bicyclic) bond motifs is 1. The predicted molar refractivity (Wildman–Crippen MR) is 88.7 cm³/mol. The molecule has 0 spiro atoms. The van der Waals surface area contributed by atoms with Crippen LogP contribution < -0.4 is 0 Å². The fourth-order valence-electron chi connectivity index (χ4n) is 3.13. The molecule has 0 saturated carbocycles. The van der Waals surface area contributed by atoms with Gasteiger partial charge in [-0.05, 0) is 59.2 Å². The molecule has 3 rings (SSSR count). The van der Waals surface area contributed by atoms with E-state index < -0.39 is 0 Å². The number of hydrogen-bond donors (Lipinski definition) is 0.